The van der Waals surface area contributed by atoms with Gasteiger partial charge in [0.15, 0.2) is 11.5 Å². The zero-order valence-electron chi connectivity index (χ0n) is 15.1. The molecule has 0 fully saturated rings. The SMILES string of the molecule is C=Cc1c(C=C(C)c2cc3c(cc2CCC)OCO3)ccc(C)c1O. The second-order valence-electron chi connectivity index (χ2n) is 6.38. The topological polar surface area (TPSA) is 38.7 Å². The van der Waals surface area contributed by atoms with E-state index in [1.165, 1.54) is 5.56 Å². The van der Waals surface area contributed by atoms with Gasteiger partial charge in [-0.1, -0.05) is 44.2 Å². The van der Waals surface area contributed by atoms with Crippen molar-refractivity contribution in [2.24, 2.45) is 0 Å². The van der Waals surface area contributed by atoms with Gasteiger partial charge in [0.05, 0.1) is 0 Å². The molecule has 130 valence electrons. The molecule has 2 aromatic rings. The van der Waals surface area contributed by atoms with Crippen molar-refractivity contribution in [2.45, 2.75) is 33.6 Å². The van der Waals surface area contributed by atoms with Gasteiger partial charge in [0.2, 0.25) is 6.79 Å². The second-order valence-corrected chi connectivity index (χ2v) is 6.38. The van der Waals surface area contributed by atoms with E-state index in [1.54, 1.807) is 6.08 Å². The largest absolute Gasteiger partial charge is 0.507 e. The molecule has 25 heavy (non-hydrogen) atoms. The Balaban J connectivity index is 2.09. The van der Waals surface area contributed by atoms with Crippen LogP contribution in [0, 0.1) is 6.92 Å². The van der Waals surface area contributed by atoms with Crippen LogP contribution < -0.4 is 9.47 Å². The molecule has 0 saturated carbocycles. The van der Waals surface area contributed by atoms with E-state index in [9.17, 15) is 5.11 Å². The van der Waals surface area contributed by atoms with Crippen molar-refractivity contribution in [3.63, 3.8) is 0 Å². The van der Waals surface area contributed by atoms with Gasteiger partial charge in [-0.2, -0.15) is 0 Å². The van der Waals surface area contributed by atoms with Crippen LogP contribution in [0.15, 0.2) is 30.8 Å². The number of aryl methyl sites for hydroxylation is 2. The third-order valence-corrected chi connectivity index (χ3v) is 4.57. The Hall–Kier alpha value is -2.68. The number of ether oxygens (including phenoxy) is 2. The highest BCUT2D eigenvalue weighted by atomic mass is 16.7. The van der Waals surface area contributed by atoms with Gasteiger partial charge in [0, 0.05) is 5.56 Å². The van der Waals surface area contributed by atoms with Gasteiger partial charge in [0.25, 0.3) is 0 Å². The number of benzene rings is 2. The van der Waals surface area contributed by atoms with Crippen LogP contribution in [0.4, 0.5) is 0 Å². The molecule has 1 heterocycles. The standard InChI is InChI=1S/C22H24O3/c1-5-7-16-11-20-21(25-13-24-20)12-19(16)15(4)10-17-9-8-14(3)22(23)18(17)6-2/h6,8-12,23H,2,5,7,13H2,1,3-4H3. The lowest BCUT2D eigenvalue weighted by Gasteiger charge is -2.13. The van der Waals surface area contributed by atoms with Crippen LogP contribution >= 0.6 is 0 Å². The van der Waals surface area contributed by atoms with Crippen molar-refractivity contribution in [2.75, 3.05) is 6.79 Å². The van der Waals surface area contributed by atoms with E-state index in [-0.39, 0.29) is 12.5 Å². The summed E-state index contributed by atoms with van der Waals surface area (Å²) in [6.07, 6.45) is 5.83. The van der Waals surface area contributed by atoms with Crippen molar-refractivity contribution in [1.29, 1.82) is 0 Å². The molecule has 0 atom stereocenters. The number of aromatic hydroxyl groups is 1. The highest BCUT2D eigenvalue weighted by molar-refractivity contribution is 5.86. The number of allylic oxidation sites excluding steroid dienone is 1. The monoisotopic (exact) mass is 336 g/mol. The highest BCUT2D eigenvalue weighted by Gasteiger charge is 2.18. The molecule has 0 radical (unpaired) electrons. The molecule has 3 rings (SSSR count). The van der Waals surface area contributed by atoms with E-state index in [4.69, 9.17) is 9.47 Å². The summed E-state index contributed by atoms with van der Waals surface area (Å²) in [4.78, 5) is 0. The zero-order chi connectivity index (χ0) is 18.0. The molecule has 0 aromatic heterocycles. The van der Waals surface area contributed by atoms with Gasteiger partial charge in [0.1, 0.15) is 5.75 Å². The average Bonchev–Trinajstić information content (AvgIpc) is 3.05. The number of hydrogen-bond donors (Lipinski definition) is 1. The maximum atomic E-state index is 10.3. The fraction of sp³-hybridized carbons (Fsp3) is 0.273. The molecular weight excluding hydrogens is 312 g/mol. The predicted molar refractivity (Wildman–Crippen MR) is 103 cm³/mol. The van der Waals surface area contributed by atoms with Crippen LogP contribution in [0.2, 0.25) is 0 Å². The molecule has 0 saturated heterocycles. The summed E-state index contributed by atoms with van der Waals surface area (Å²) in [6.45, 7) is 10.3. The molecular formula is C22H24O3. The minimum atomic E-state index is 0.277. The van der Waals surface area contributed by atoms with Gasteiger partial charge in [-0.15, -0.1) is 0 Å². The molecule has 3 heteroatoms. The maximum absolute atomic E-state index is 10.3. The average molecular weight is 336 g/mol. The first-order chi connectivity index (χ1) is 12.0. The van der Waals surface area contributed by atoms with E-state index in [0.29, 0.717) is 0 Å². The molecule has 2 aromatic carbocycles. The van der Waals surface area contributed by atoms with Gasteiger partial charge < -0.3 is 14.6 Å². The van der Waals surface area contributed by atoms with Gasteiger partial charge in [-0.3, -0.25) is 0 Å². The van der Waals surface area contributed by atoms with Crippen LogP contribution in [0.5, 0.6) is 17.2 Å². The van der Waals surface area contributed by atoms with E-state index in [1.807, 2.05) is 19.1 Å². The lowest BCUT2D eigenvalue weighted by Crippen LogP contribution is -1.93. The van der Waals surface area contributed by atoms with E-state index >= 15 is 0 Å². The van der Waals surface area contributed by atoms with Gasteiger partial charge in [-0.05, 0) is 60.2 Å². The summed E-state index contributed by atoms with van der Waals surface area (Å²) < 4.78 is 11.1. The van der Waals surface area contributed by atoms with Crippen LogP contribution in [-0.2, 0) is 6.42 Å². The van der Waals surface area contributed by atoms with Crippen molar-refractivity contribution in [3.05, 3.63) is 58.7 Å². The first-order valence-corrected chi connectivity index (χ1v) is 8.61. The maximum Gasteiger partial charge on any atom is 0.231 e. The first-order valence-electron chi connectivity index (χ1n) is 8.61. The molecule has 0 amide bonds. The number of phenolic OH excluding ortho intramolecular Hbond substituents is 1. The molecule has 0 bridgehead atoms. The second kappa shape index (κ2) is 7.06. The number of hydrogen-bond acceptors (Lipinski definition) is 3. The number of fused-ring (bicyclic) bond motifs is 1. The Kier molecular flexibility index (Phi) is 4.84. The summed E-state index contributed by atoms with van der Waals surface area (Å²) in [7, 11) is 0. The Morgan fingerprint density at radius 3 is 2.64 bits per heavy atom. The molecule has 0 unspecified atom stereocenters. The smallest absolute Gasteiger partial charge is 0.231 e. The van der Waals surface area contributed by atoms with E-state index in [2.05, 4.69) is 38.6 Å². The van der Waals surface area contributed by atoms with Gasteiger partial charge in [-0.25, -0.2) is 0 Å². The Bertz CT molecular complexity index is 847. The highest BCUT2D eigenvalue weighted by Crippen LogP contribution is 2.38. The molecule has 0 spiro atoms. The van der Waals surface area contributed by atoms with Crippen LogP contribution in [0.1, 0.15) is 48.1 Å². The minimum Gasteiger partial charge on any atom is -0.507 e. The molecule has 1 aliphatic heterocycles. The summed E-state index contributed by atoms with van der Waals surface area (Å²) in [5.74, 6) is 1.90. The molecule has 1 N–H and O–H groups in total. The van der Waals surface area contributed by atoms with E-state index in [0.717, 1.165) is 52.2 Å². The lowest BCUT2D eigenvalue weighted by molar-refractivity contribution is 0.174. The van der Waals surface area contributed by atoms with Crippen molar-refractivity contribution in [1.82, 2.24) is 0 Å². The summed E-state index contributed by atoms with van der Waals surface area (Å²) in [5.41, 5.74) is 6.08. The molecule has 1 aliphatic rings. The molecule has 0 aliphatic carbocycles. The Morgan fingerprint density at radius 1 is 1.24 bits per heavy atom. The fourth-order valence-corrected chi connectivity index (χ4v) is 3.21. The summed E-state index contributed by atoms with van der Waals surface area (Å²) in [6, 6.07) is 8.08. The third kappa shape index (κ3) is 3.27. The minimum absolute atomic E-state index is 0.277. The predicted octanol–water partition coefficient (Wildman–Crippen LogP) is 5.59. The van der Waals surface area contributed by atoms with E-state index < -0.39 is 0 Å². The summed E-state index contributed by atoms with van der Waals surface area (Å²) in [5, 5.41) is 10.3. The third-order valence-electron chi connectivity index (χ3n) is 4.57. The van der Waals surface area contributed by atoms with Gasteiger partial charge >= 0.3 is 0 Å². The van der Waals surface area contributed by atoms with Crippen molar-refractivity contribution >= 4 is 17.7 Å². The Morgan fingerprint density at radius 2 is 1.96 bits per heavy atom. The zero-order valence-corrected chi connectivity index (χ0v) is 15.1. The number of rotatable bonds is 5. The molecule has 3 nitrogen and oxygen atoms in total. The first kappa shape index (κ1) is 17.2. The summed E-state index contributed by atoms with van der Waals surface area (Å²) >= 11 is 0. The fourth-order valence-electron chi connectivity index (χ4n) is 3.21. The normalized spacial score (nSPS) is 13.2. The lowest BCUT2D eigenvalue weighted by atomic mass is 9.94. The quantitative estimate of drug-likeness (QED) is 0.724. The van der Waals surface area contributed by atoms with Crippen LogP contribution in [0.3, 0.4) is 0 Å². The van der Waals surface area contributed by atoms with Crippen LogP contribution in [-0.4, -0.2) is 11.9 Å². The number of phenols is 1. The van der Waals surface area contributed by atoms with Crippen molar-refractivity contribution in [3.8, 4) is 17.2 Å². The van der Waals surface area contributed by atoms with Crippen molar-refractivity contribution < 1.29 is 14.6 Å². The Labute approximate surface area is 149 Å². The van der Waals surface area contributed by atoms with Crippen LogP contribution in [0.25, 0.3) is 17.7 Å².